The molecule has 0 atom stereocenters. The largest absolute Gasteiger partial charge is 0.508 e. The van der Waals surface area contributed by atoms with Gasteiger partial charge in [-0.1, -0.05) is 23.5 Å². The maximum absolute atomic E-state index is 9.96. The minimum atomic E-state index is 0.118. The van der Waals surface area contributed by atoms with Crippen molar-refractivity contribution in [3.63, 3.8) is 0 Å². The molecule has 2 aliphatic heterocycles. The van der Waals surface area contributed by atoms with Crippen LogP contribution in [-0.2, 0) is 25.7 Å². The lowest BCUT2D eigenvalue weighted by Crippen LogP contribution is -1.97. The van der Waals surface area contributed by atoms with E-state index in [4.69, 9.17) is 9.47 Å². The third kappa shape index (κ3) is 6.35. The maximum atomic E-state index is 9.96. The van der Waals surface area contributed by atoms with Crippen LogP contribution in [0.3, 0.4) is 0 Å². The van der Waals surface area contributed by atoms with E-state index in [1.807, 2.05) is 17.8 Å². The van der Waals surface area contributed by atoms with E-state index in [0.29, 0.717) is 0 Å². The van der Waals surface area contributed by atoms with Gasteiger partial charge < -0.3 is 19.7 Å². The smallest absolute Gasteiger partial charge is 0.126 e. The quantitative estimate of drug-likeness (QED) is 0.223. The van der Waals surface area contributed by atoms with Crippen LogP contribution < -0.4 is 9.47 Å². The molecule has 208 valence electrons. The summed E-state index contributed by atoms with van der Waals surface area (Å²) in [6, 6.07) is 20.4. The summed E-state index contributed by atoms with van der Waals surface area (Å²) in [7, 11) is 3.42. The number of hydrogen-bond donors (Lipinski definition) is 2. The molecule has 0 unspecified atom stereocenters. The summed E-state index contributed by atoms with van der Waals surface area (Å²) < 4.78 is 10.9. The molecule has 0 bridgehead atoms. The highest BCUT2D eigenvalue weighted by Gasteiger charge is 2.20. The Hall–Kier alpha value is -2.52. The minimum Gasteiger partial charge on any atom is -0.508 e. The number of aryl methyl sites for hydroxylation is 2. The fourth-order valence-corrected chi connectivity index (χ4v) is 8.17. The third-order valence-corrected chi connectivity index (χ3v) is 10.9. The molecule has 4 nitrogen and oxygen atoms in total. The number of aromatic hydroxyl groups is 2. The molecule has 0 amide bonds. The second-order valence-corrected chi connectivity index (χ2v) is 13.3. The van der Waals surface area contributed by atoms with E-state index in [1.165, 1.54) is 47.2 Å². The Morgan fingerprint density at radius 3 is 1.75 bits per heavy atom. The first-order valence-electron chi connectivity index (χ1n) is 12.9. The molecule has 2 N–H and O–H groups in total. The topological polar surface area (TPSA) is 58.9 Å². The number of hydrogen-bond acceptors (Lipinski definition) is 8. The van der Waals surface area contributed by atoms with Crippen molar-refractivity contribution in [2.75, 3.05) is 26.7 Å². The highest BCUT2D eigenvalue weighted by molar-refractivity contribution is 8.00. The van der Waals surface area contributed by atoms with E-state index < -0.39 is 0 Å². The number of methoxy groups -OCH3 is 2. The average Bonchev–Trinajstić information content (AvgIpc) is 3.27. The van der Waals surface area contributed by atoms with Crippen LogP contribution in [-0.4, -0.2) is 36.9 Å². The lowest BCUT2D eigenvalue weighted by molar-refractivity contribution is 0.388. The summed E-state index contributed by atoms with van der Waals surface area (Å²) in [5.41, 5.74) is 4.95. The van der Waals surface area contributed by atoms with E-state index in [2.05, 4.69) is 55.0 Å². The Bertz CT molecular complexity index is 1540. The number of rotatable bonds is 4. The first-order valence-corrected chi connectivity index (χ1v) is 17.0. The second kappa shape index (κ2) is 13.0. The number of phenols is 2. The lowest BCUT2D eigenvalue weighted by atomic mass is 10.0. The van der Waals surface area contributed by atoms with Crippen LogP contribution in [0.5, 0.6) is 23.0 Å². The van der Waals surface area contributed by atoms with E-state index in [-0.39, 0.29) is 11.5 Å². The minimum absolute atomic E-state index is 0.118. The van der Waals surface area contributed by atoms with Crippen LogP contribution in [0, 0.1) is 0 Å². The van der Waals surface area contributed by atoms with E-state index >= 15 is 0 Å². The molecule has 4 aromatic carbocycles. The molecule has 0 aromatic heterocycles. The van der Waals surface area contributed by atoms with Crippen LogP contribution in [0.4, 0.5) is 0 Å². The number of phenolic OH excluding ortho intramolecular Hbond substituents is 2. The normalized spacial score (nSPS) is 13.3. The second-order valence-electron chi connectivity index (χ2n) is 9.40. The van der Waals surface area contributed by atoms with Crippen LogP contribution in [0.1, 0.15) is 22.3 Å². The highest BCUT2D eigenvalue weighted by atomic mass is 32.2. The average molecular weight is 609 g/mol. The molecular formula is C32H32O4S4. The summed E-state index contributed by atoms with van der Waals surface area (Å²) in [4.78, 5) is 7.32. The van der Waals surface area contributed by atoms with E-state index in [1.54, 1.807) is 55.6 Å². The Morgan fingerprint density at radius 1 is 0.625 bits per heavy atom. The van der Waals surface area contributed by atoms with Gasteiger partial charge in [0.05, 0.1) is 14.2 Å². The molecule has 0 fully saturated rings. The van der Waals surface area contributed by atoms with Gasteiger partial charge in [-0.3, -0.25) is 0 Å². The monoisotopic (exact) mass is 608 g/mol. The Morgan fingerprint density at radius 2 is 1.20 bits per heavy atom. The van der Waals surface area contributed by atoms with Crippen molar-refractivity contribution in [2.24, 2.45) is 0 Å². The molecular weight excluding hydrogens is 577 g/mol. The molecule has 40 heavy (non-hydrogen) atoms. The van der Waals surface area contributed by atoms with Gasteiger partial charge in [0, 0.05) is 52.6 Å². The van der Waals surface area contributed by atoms with Gasteiger partial charge in [0.25, 0.3) is 0 Å². The molecule has 8 heteroatoms. The zero-order valence-corrected chi connectivity index (χ0v) is 26.2. The number of fused-ring (bicyclic) bond motifs is 4. The van der Waals surface area contributed by atoms with Crippen molar-refractivity contribution in [2.45, 2.75) is 55.1 Å². The number of ether oxygens (including phenoxy) is 2. The molecule has 2 heterocycles. The molecule has 0 aliphatic carbocycles. The first-order chi connectivity index (χ1) is 19.4. The lowest BCUT2D eigenvalue weighted by Gasteiger charge is -2.13. The molecule has 6 rings (SSSR count). The summed E-state index contributed by atoms with van der Waals surface area (Å²) >= 11 is 6.97. The fourth-order valence-electron chi connectivity index (χ4n) is 4.90. The van der Waals surface area contributed by atoms with Crippen molar-refractivity contribution >= 4 is 47.0 Å². The number of thioether (sulfide) groups is 2. The zero-order valence-electron chi connectivity index (χ0n) is 22.9. The van der Waals surface area contributed by atoms with Gasteiger partial charge in [0.1, 0.15) is 23.0 Å². The van der Waals surface area contributed by atoms with E-state index in [9.17, 15) is 10.2 Å². The van der Waals surface area contributed by atoms with Gasteiger partial charge in [0.2, 0.25) is 0 Å². The van der Waals surface area contributed by atoms with E-state index in [0.717, 1.165) is 47.6 Å². The van der Waals surface area contributed by atoms with Gasteiger partial charge in [-0.25, -0.2) is 0 Å². The van der Waals surface area contributed by atoms with Crippen LogP contribution in [0.2, 0.25) is 0 Å². The summed E-state index contributed by atoms with van der Waals surface area (Å²) in [6.45, 7) is 0. The van der Waals surface area contributed by atoms with Crippen LogP contribution in [0.15, 0.2) is 90.0 Å². The van der Waals surface area contributed by atoms with Gasteiger partial charge in [-0.05, 0) is 97.9 Å². The maximum Gasteiger partial charge on any atom is 0.126 e. The van der Waals surface area contributed by atoms with Crippen molar-refractivity contribution in [1.82, 2.24) is 0 Å². The van der Waals surface area contributed by atoms with Gasteiger partial charge >= 0.3 is 0 Å². The van der Waals surface area contributed by atoms with Crippen molar-refractivity contribution in [3.8, 4) is 23.0 Å². The molecule has 0 saturated carbocycles. The fraction of sp³-hybridized carbons (Fsp3) is 0.250. The van der Waals surface area contributed by atoms with Crippen LogP contribution >= 0.6 is 47.0 Å². The summed E-state index contributed by atoms with van der Waals surface area (Å²) in [6.07, 6.45) is 7.96. The SMILES string of the molecule is COc1cc(OC)c2c(c1)Sc1ccc(SC)cc1CC2.CSc1ccc2c(c1)CCc1c(O)cc(O)cc1S2. The molecule has 0 radical (unpaired) electrons. The van der Waals surface area contributed by atoms with Crippen molar-refractivity contribution < 1.29 is 19.7 Å². The predicted molar refractivity (Wildman–Crippen MR) is 169 cm³/mol. The molecule has 0 spiro atoms. The third-order valence-electron chi connectivity index (χ3n) is 7.03. The Kier molecular flexibility index (Phi) is 9.41. The summed E-state index contributed by atoms with van der Waals surface area (Å²) in [5.74, 6) is 2.09. The summed E-state index contributed by atoms with van der Waals surface area (Å²) in [5, 5.41) is 19.6. The predicted octanol–water partition coefficient (Wildman–Crippen LogP) is 8.74. The number of benzene rings is 4. The highest BCUT2D eigenvalue weighted by Crippen LogP contribution is 2.44. The first kappa shape index (κ1) is 29.0. The zero-order chi connectivity index (χ0) is 28.2. The Labute approximate surface area is 253 Å². The standard InChI is InChI=1S/C17H18O2S2.C15H14O2S2/c1-18-12-9-15(19-2)14-6-4-11-8-13(20-3)5-7-16(11)21-17(14)10-12;1-18-11-3-5-14-9(6-11)2-4-12-13(17)7-10(16)8-15(12)19-14/h5,7-10H,4,6H2,1-3H3;3,5-8,16-17H,2,4H2,1H3. The Balaban J connectivity index is 0.000000162. The molecule has 2 aliphatic rings. The van der Waals surface area contributed by atoms with Crippen molar-refractivity contribution in [1.29, 1.82) is 0 Å². The van der Waals surface area contributed by atoms with Gasteiger partial charge in [0.15, 0.2) is 0 Å². The van der Waals surface area contributed by atoms with Gasteiger partial charge in [-0.15, -0.1) is 23.5 Å². The molecule has 4 aromatic rings. The van der Waals surface area contributed by atoms with Crippen LogP contribution in [0.25, 0.3) is 0 Å². The molecule has 0 saturated heterocycles. The van der Waals surface area contributed by atoms with Gasteiger partial charge in [-0.2, -0.15) is 0 Å². The van der Waals surface area contributed by atoms with Crippen molar-refractivity contribution in [3.05, 3.63) is 82.9 Å².